The molecule has 1 aromatic heterocycles. The summed E-state index contributed by atoms with van der Waals surface area (Å²) in [5.74, 6) is 0.353. The normalized spacial score (nSPS) is 13.1. The van der Waals surface area contributed by atoms with Gasteiger partial charge in [0.15, 0.2) is 11.5 Å². The highest BCUT2D eigenvalue weighted by molar-refractivity contribution is 6.36. The first-order chi connectivity index (χ1) is 15.1. The molecule has 0 atom stereocenters. The van der Waals surface area contributed by atoms with Crippen LogP contribution < -0.4 is 14.4 Å². The van der Waals surface area contributed by atoms with Crippen LogP contribution in [-0.2, 0) is 0 Å². The molecule has 0 N–H and O–H groups in total. The van der Waals surface area contributed by atoms with Gasteiger partial charge in [0.25, 0.3) is 11.8 Å². The fraction of sp³-hybridized carbons (Fsp3) is 0.320. The third-order valence-electron chi connectivity index (χ3n) is 5.62. The predicted molar refractivity (Wildman–Crippen MR) is 120 cm³/mol. The van der Waals surface area contributed by atoms with Gasteiger partial charge in [0.1, 0.15) is 0 Å². The Hall–Kier alpha value is -3.41. The fourth-order valence-corrected chi connectivity index (χ4v) is 4.00. The number of nitrogens with zero attached hydrogens (tertiary/aromatic N) is 2. The van der Waals surface area contributed by atoms with Crippen LogP contribution in [0.4, 0.5) is 5.69 Å². The summed E-state index contributed by atoms with van der Waals surface area (Å²) in [7, 11) is 1.56. The number of rotatable bonds is 8. The van der Waals surface area contributed by atoms with Gasteiger partial charge in [-0.1, -0.05) is 38.3 Å². The van der Waals surface area contributed by atoms with Crippen LogP contribution in [-0.4, -0.2) is 30.5 Å². The molecule has 1 aliphatic rings. The summed E-state index contributed by atoms with van der Waals surface area (Å²) in [6, 6.07) is 10.4. The number of unbranched alkanes of at least 4 members (excludes halogenated alkanes) is 3. The summed E-state index contributed by atoms with van der Waals surface area (Å²) in [5, 5.41) is 0.754. The molecule has 1 aliphatic heterocycles. The van der Waals surface area contributed by atoms with Crippen molar-refractivity contribution in [2.75, 3.05) is 18.6 Å². The lowest BCUT2D eigenvalue weighted by atomic mass is 10.1. The average Bonchev–Trinajstić information content (AvgIpc) is 3.04. The number of hydrogen-bond acceptors (Lipinski definition) is 5. The van der Waals surface area contributed by atoms with E-state index in [4.69, 9.17) is 9.47 Å². The number of hydrogen-bond donors (Lipinski definition) is 0. The van der Waals surface area contributed by atoms with E-state index in [1.54, 1.807) is 43.6 Å². The molecule has 6 nitrogen and oxygen atoms in total. The van der Waals surface area contributed by atoms with Crippen molar-refractivity contribution in [3.63, 3.8) is 0 Å². The molecule has 0 saturated heterocycles. The lowest BCUT2D eigenvalue weighted by Gasteiger charge is -2.21. The summed E-state index contributed by atoms with van der Waals surface area (Å²) in [4.78, 5) is 31.9. The Morgan fingerprint density at radius 1 is 1.00 bits per heavy atom. The zero-order valence-electron chi connectivity index (χ0n) is 18.1. The molecule has 0 fully saturated rings. The third kappa shape index (κ3) is 3.63. The van der Waals surface area contributed by atoms with Crippen molar-refractivity contribution in [2.24, 2.45) is 0 Å². The highest BCUT2D eigenvalue weighted by Crippen LogP contribution is 2.44. The molecule has 160 valence electrons. The summed E-state index contributed by atoms with van der Waals surface area (Å²) in [6.07, 6.45) is 6.04. The summed E-state index contributed by atoms with van der Waals surface area (Å²) >= 11 is 0. The smallest absolute Gasteiger partial charge is 0.266 e. The van der Waals surface area contributed by atoms with Crippen LogP contribution in [0.2, 0.25) is 0 Å². The number of pyridine rings is 1. The minimum Gasteiger partial charge on any atom is -0.493 e. The van der Waals surface area contributed by atoms with Crippen LogP contribution in [0, 0.1) is 6.92 Å². The van der Waals surface area contributed by atoms with E-state index in [0.717, 1.165) is 30.2 Å². The molecule has 2 heterocycles. The number of imide groups is 1. The highest BCUT2D eigenvalue weighted by Gasteiger charge is 2.38. The van der Waals surface area contributed by atoms with Crippen molar-refractivity contribution in [2.45, 2.75) is 39.5 Å². The van der Waals surface area contributed by atoms with Crippen LogP contribution in [0.5, 0.6) is 11.5 Å². The maximum atomic E-state index is 13.1. The Labute approximate surface area is 181 Å². The largest absolute Gasteiger partial charge is 0.493 e. The maximum Gasteiger partial charge on any atom is 0.266 e. The van der Waals surface area contributed by atoms with Crippen LogP contribution in [0.15, 0.2) is 42.6 Å². The maximum absolute atomic E-state index is 13.1. The van der Waals surface area contributed by atoms with Crippen LogP contribution in [0.3, 0.4) is 0 Å². The second kappa shape index (κ2) is 8.76. The molecule has 6 heteroatoms. The van der Waals surface area contributed by atoms with E-state index in [1.165, 1.54) is 11.3 Å². The molecule has 0 bridgehead atoms. The average molecular weight is 418 g/mol. The van der Waals surface area contributed by atoms with Crippen molar-refractivity contribution < 1.29 is 19.1 Å². The molecular formula is C25H26N2O4. The Morgan fingerprint density at radius 2 is 1.71 bits per heavy atom. The molecule has 0 radical (unpaired) electrons. The number of anilines is 1. The number of fused-ring (bicyclic) bond motifs is 2. The number of carbonyl (C=O) groups is 2. The van der Waals surface area contributed by atoms with E-state index in [-0.39, 0.29) is 11.8 Å². The van der Waals surface area contributed by atoms with Gasteiger partial charge in [-0.05, 0) is 37.1 Å². The Bertz CT molecular complexity index is 1120. The molecule has 0 aliphatic carbocycles. The summed E-state index contributed by atoms with van der Waals surface area (Å²) in [6.45, 7) is 4.69. The van der Waals surface area contributed by atoms with E-state index in [0.29, 0.717) is 40.4 Å². The minimum atomic E-state index is -0.361. The lowest BCUT2D eigenvalue weighted by molar-refractivity contribution is 0.0926. The van der Waals surface area contributed by atoms with Gasteiger partial charge in [0.2, 0.25) is 0 Å². The van der Waals surface area contributed by atoms with E-state index < -0.39 is 0 Å². The standard InChI is InChI=1S/C25H26N2O4/c1-4-5-6-9-14-31-23-20(30-3)15-19(22-21(23)16(2)12-13-26-22)27-24(28)17-10-7-8-11-18(17)25(27)29/h7-8,10-13,15H,4-6,9,14H2,1-3H3. The second-order valence-electron chi connectivity index (χ2n) is 7.68. The highest BCUT2D eigenvalue weighted by atomic mass is 16.5. The minimum absolute atomic E-state index is 0.361. The van der Waals surface area contributed by atoms with Crippen molar-refractivity contribution >= 4 is 28.4 Å². The summed E-state index contributed by atoms with van der Waals surface area (Å²) in [5.41, 5.74) is 2.66. The van der Waals surface area contributed by atoms with Crippen molar-refractivity contribution in [1.29, 1.82) is 0 Å². The Kier molecular flexibility index (Phi) is 5.89. The van der Waals surface area contributed by atoms with Crippen LogP contribution in [0.1, 0.15) is 58.9 Å². The van der Waals surface area contributed by atoms with Crippen LogP contribution >= 0.6 is 0 Å². The number of benzene rings is 2. The van der Waals surface area contributed by atoms with Crippen molar-refractivity contribution in [1.82, 2.24) is 4.98 Å². The molecule has 4 rings (SSSR count). The van der Waals surface area contributed by atoms with Gasteiger partial charge in [0, 0.05) is 12.3 Å². The second-order valence-corrected chi connectivity index (χ2v) is 7.68. The van der Waals surface area contributed by atoms with Gasteiger partial charge in [-0.2, -0.15) is 0 Å². The Morgan fingerprint density at radius 3 is 2.35 bits per heavy atom. The van der Waals surface area contributed by atoms with Crippen molar-refractivity contribution in [3.05, 3.63) is 59.3 Å². The van der Waals surface area contributed by atoms with Gasteiger partial charge in [-0.15, -0.1) is 0 Å². The zero-order chi connectivity index (χ0) is 22.0. The molecule has 0 saturated carbocycles. The van der Waals surface area contributed by atoms with Gasteiger partial charge in [0.05, 0.1) is 41.4 Å². The quantitative estimate of drug-likeness (QED) is 0.366. The van der Waals surface area contributed by atoms with E-state index in [2.05, 4.69) is 11.9 Å². The van der Waals surface area contributed by atoms with Gasteiger partial charge < -0.3 is 9.47 Å². The monoisotopic (exact) mass is 418 g/mol. The molecule has 0 spiro atoms. The first-order valence-corrected chi connectivity index (χ1v) is 10.6. The van der Waals surface area contributed by atoms with Crippen LogP contribution in [0.25, 0.3) is 10.9 Å². The van der Waals surface area contributed by atoms with Gasteiger partial charge in [-0.3, -0.25) is 14.6 Å². The first-order valence-electron chi connectivity index (χ1n) is 10.6. The molecular weight excluding hydrogens is 392 g/mol. The fourth-order valence-electron chi connectivity index (χ4n) is 4.00. The molecule has 3 aromatic rings. The molecule has 2 aromatic carbocycles. The van der Waals surface area contributed by atoms with E-state index >= 15 is 0 Å². The third-order valence-corrected chi connectivity index (χ3v) is 5.62. The first kappa shape index (κ1) is 20.8. The predicted octanol–water partition coefficient (Wildman–Crippen LogP) is 5.31. The van der Waals surface area contributed by atoms with Crippen molar-refractivity contribution in [3.8, 4) is 11.5 Å². The SMILES string of the molecule is CCCCCCOc1c(OC)cc(N2C(=O)c3ccccc3C2=O)c2nccc(C)c12. The number of ether oxygens (including phenoxy) is 2. The van der Waals surface area contributed by atoms with E-state index in [9.17, 15) is 9.59 Å². The Balaban J connectivity index is 1.82. The number of aryl methyl sites for hydroxylation is 1. The van der Waals surface area contributed by atoms with E-state index in [1.807, 2.05) is 13.0 Å². The topological polar surface area (TPSA) is 68.7 Å². The van der Waals surface area contributed by atoms with Gasteiger partial charge >= 0.3 is 0 Å². The lowest BCUT2D eigenvalue weighted by Crippen LogP contribution is -2.29. The number of methoxy groups -OCH3 is 1. The van der Waals surface area contributed by atoms with Gasteiger partial charge in [-0.25, -0.2) is 4.90 Å². The number of aromatic nitrogens is 1. The summed E-state index contributed by atoms with van der Waals surface area (Å²) < 4.78 is 11.8. The molecule has 0 unspecified atom stereocenters. The molecule has 2 amide bonds. The number of carbonyl (C=O) groups excluding carboxylic acids is 2. The number of amides is 2. The zero-order valence-corrected chi connectivity index (χ0v) is 18.1. The molecule has 31 heavy (non-hydrogen) atoms.